The van der Waals surface area contributed by atoms with E-state index in [1.54, 1.807) is 28.4 Å². The van der Waals surface area contributed by atoms with Crippen LogP contribution in [0.3, 0.4) is 0 Å². The molecule has 19 heteroatoms. The molecular weight excluding hydrogens is 995 g/mol. The molecule has 5 aromatic rings. The number of anilines is 3. The lowest BCUT2D eigenvalue weighted by Crippen LogP contribution is -2.61. The highest BCUT2D eigenvalue weighted by atomic mass is 32.1. The van der Waals surface area contributed by atoms with E-state index >= 15 is 0 Å². The van der Waals surface area contributed by atoms with Crippen LogP contribution in [0.4, 0.5) is 17.3 Å². The number of phenols is 1. The van der Waals surface area contributed by atoms with Crippen LogP contribution < -0.4 is 20.9 Å². The zero-order valence-corrected chi connectivity index (χ0v) is 46.0. The van der Waals surface area contributed by atoms with Gasteiger partial charge in [-0.15, -0.1) is 21.5 Å². The van der Waals surface area contributed by atoms with Crippen molar-refractivity contribution < 1.29 is 33.8 Å². The van der Waals surface area contributed by atoms with E-state index in [1.165, 1.54) is 0 Å². The fraction of sp³-hybridized carbons (Fsp3) is 0.586. The Balaban J connectivity index is 0.596. The minimum absolute atomic E-state index is 0.0894. The molecule has 2 aromatic carbocycles. The second-order valence-electron chi connectivity index (χ2n) is 23.1. The predicted molar refractivity (Wildman–Crippen MR) is 297 cm³/mol. The number of nitrogen functional groups attached to an aromatic ring is 1. The summed E-state index contributed by atoms with van der Waals surface area (Å²) in [4.78, 5) is 45.1. The molecule has 1 spiro atoms. The van der Waals surface area contributed by atoms with E-state index in [-0.39, 0.29) is 48.1 Å². The summed E-state index contributed by atoms with van der Waals surface area (Å²) in [6, 6.07) is 18.6. The summed E-state index contributed by atoms with van der Waals surface area (Å²) in [6.45, 7) is 17.3. The van der Waals surface area contributed by atoms with E-state index in [0.717, 1.165) is 150 Å². The molecule has 5 N–H and O–H groups in total. The van der Waals surface area contributed by atoms with Crippen molar-refractivity contribution in [2.75, 3.05) is 87.6 Å². The number of likely N-dealkylation sites (tertiary alicyclic amines) is 2. The molecule has 8 heterocycles. The molecular formula is C58H77N11O7S. The number of carbonyl (C=O) groups excluding carboxylic acids is 2. The fourth-order valence-corrected chi connectivity index (χ4v) is 13.8. The van der Waals surface area contributed by atoms with E-state index in [4.69, 9.17) is 19.7 Å². The zero-order valence-electron chi connectivity index (χ0n) is 45.1. The lowest BCUT2D eigenvalue weighted by molar-refractivity contribution is -0.159. The number of amides is 2. The van der Waals surface area contributed by atoms with Gasteiger partial charge in [-0.2, -0.15) is 0 Å². The van der Waals surface area contributed by atoms with Gasteiger partial charge in [-0.25, -0.2) is 4.98 Å². The maximum absolute atomic E-state index is 14.4. The molecule has 5 aliphatic heterocycles. The SMILES string of the molecule is Cc1ncsc1-c1ccc([C@H](C)NC(=O)[C@@H]2C[C@@H](O)CN2C(=O)[C@H](c2cc(N3CCC(CN4CCC(OC5CC(N6CCOC7(CCN(c8cc(-c9ccccc9O)nnc8N)CC7)C6)C5)CC4)CC3)no2)C(C)C)cc1. The topological polar surface area (TPSA) is 212 Å². The first-order valence-electron chi connectivity index (χ1n) is 28.2. The molecule has 0 unspecified atom stereocenters. The lowest BCUT2D eigenvalue weighted by atomic mass is 9.83. The Kier molecular flexibility index (Phi) is 15.9. The average molecular weight is 1070 g/mol. The van der Waals surface area contributed by atoms with Crippen molar-refractivity contribution in [3.8, 4) is 27.4 Å². The minimum atomic E-state index is -0.798. The Hall–Kier alpha value is -5.70. The molecule has 11 rings (SSSR count). The number of β-amino-alcohol motifs (C(OH)–C–C–N with tert-alkyl or cyclic N) is 1. The van der Waals surface area contributed by atoms with Crippen LogP contribution in [0.25, 0.3) is 21.7 Å². The number of hydrogen-bond donors (Lipinski definition) is 4. The van der Waals surface area contributed by atoms with E-state index in [9.17, 15) is 19.8 Å². The van der Waals surface area contributed by atoms with Crippen LogP contribution in [0.5, 0.6) is 5.75 Å². The zero-order chi connectivity index (χ0) is 53.4. The smallest absolute Gasteiger partial charge is 0.243 e. The maximum Gasteiger partial charge on any atom is 0.243 e. The van der Waals surface area contributed by atoms with Gasteiger partial charge in [0.2, 0.25) is 11.8 Å². The van der Waals surface area contributed by atoms with Gasteiger partial charge in [0.25, 0.3) is 0 Å². The van der Waals surface area contributed by atoms with Crippen molar-refractivity contribution in [1.82, 2.24) is 40.4 Å². The van der Waals surface area contributed by atoms with Crippen LogP contribution in [0.15, 0.2) is 70.7 Å². The summed E-state index contributed by atoms with van der Waals surface area (Å²) in [5.41, 5.74) is 13.2. The van der Waals surface area contributed by atoms with Crippen LogP contribution in [0.2, 0.25) is 0 Å². The van der Waals surface area contributed by atoms with Crippen LogP contribution in [0, 0.1) is 18.8 Å². The third-order valence-electron chi connectivity index (χ3n) is 17.6. The number of benzene rings is 2. The summed E-state index contributed by atoms with van der Waals surface area (Å²) in [5.74, 6) is 1.13. The summed E-state index contributed by atoms with van der Waals surface area (Å²) in [5, 5.41) is 37.4. The third-order valence-corrected chi connectivity index (χ3v) is 18.6. The second-order valence-corrected chi connectivity index (χ2v) is 24.0. The number of nitrogens with one attached hydrogen (secondary N) is 1. The number of aliphatic hydroxyl groups excluding tert-OH is 1. The molecule has 18 nitrogen and oxygen atoms in total. The number of aromatic hydroxyl groups is 1. The van der Waals surface area contributed by atoms with Crippen molar-refractivity contribution in [3.05, 3.63) is 83.2 Å². The summed E-state index contributed by atoms with van der Waals surface area (Å²) < 4.78 is 19.3. The van der Waals surface area contributed by atoms with Gasteiger partial charge in [-0.1, -0.05) is 55.4 Å². The number of nitrogens with two attached hydrogens (primary N) is 1. The van der Waals surface area contributed by atoms with Gasteiger partial charge in [0.15, 0.2) is 17.4 Å². The second kappa shape index (κ2) is 22.9. The van der Waals surface area contributed by atoms with E-state index < -0.39 is 18.1 Å². The fourth-order valence-electron chi connectivity index (χ4n) is 13.0. The highest BCUT2D eigenvalue weighted by Crippen LogP contribution is 2.40. The van der Waals surface area contributed by atoms with E-state index in [2.05, 4.69) is 45.3 Å². The molecule has 77 heavy (non-hydrogen) atoms. The summed E-state index contributed by atoms with van der Waals surface area (Å²) in [6.07, 6.45) is 8.30. The Labute approximate surface area is 456 Å². The number of aliphatic hydroxyl groups is 1. The van der Waals surface area contributed by atoms with E-state index in [1.807, 2.05) is 81.7 Å². The molecule has 3 aromatic heterocycles. The molecule has 412 valence electrons. The van der Waals surface area contributed by atoms with Crippen molar-refractivity contribution in [2.45, 2.75) is 133 Å². The number of thiazole rings is 1. The summed E-state index contributed by atoms with van der Waals surface area (Å²) >= 11 is 1.60. The molecule has 0 bridgehead atoms. The van der Waals surface area contributed by atoms with Gasteiger partial charge in [-0.3, -0.25) is 14.5 Å². The highest BCUT2D eigenvalue weighted by Gasteiger charge is 2.46. The Morgan fingerprint density at radius 2 is 1.66 bits per heavy atom. The third kappa shape index (κ3) is 11.7. The first-order chi connectivity index (χ1) is 37.3. The molecule has 4 atom stereocenters. The molecule has 6 fully saturated rings. The number of aryl methyl sites for hydroxylation is 1. The van der Waals surface area contributed by atoms with E-state index in [0.29, 0.717) is 47.0 Å². The molecule has 0 radical (unpaired) electrons. The Morgan fingerprint density at radius 3 is 2.38 bits per heavy atom. The normalized spacial score (nSPS) is 24.6. The van der Waals surface area contributed by atoms with Crippen LogP contribution in [0.1, 0.15) is 108 Å². The number of aromatic nitrogens is 4. The van der Waals surface area contributed by atoms with Crippen LogP contribution >= 0.6 is 11.3 Å². The number of rotatable bonds is 15. The van der Waals surface area contributed by atoms with Gasteiger partial charge in [0, 0.05) is 89.5 Å². The van der Waals surface area contributed by atoms with Gasteiger partial charge in [0.1, 0.15) is 17.7 Å². The number of para-hydroxylation sites is 1. The predicted octanol–water partition coefficient (Wildman–Crippen LogP) is 7.03. The largest absolute Gasteiger partial charge is 0.507 e. The number of morpholine rings is 1. The molecule has 1 saturated carbocycles. The first-order valence-corrected chi connectivity index (χ1v) is 29.1. The average Bonchev–Trinajstić information content (AvgIpc) is 4.21. The molecule has 1 aliphatic carbocycles. The first kappa shape index (κ1) is 53.3. The maximum atomic E-state index is 14.4. The number of ether oxygens (including phenoxy) is 2. The number of carbonyl (C=O) groups is 2. The van der Waals surface area contributed by atoms with Crippen LogP contribution in [-0.2, 0) is 19.1 Å². The van der Waals surface area contributed by atoms with Crippen LogP contribution in [-0.4, -0.2) is 165 Å². The Bertz CT molecular complexity index is 2820. The number of nitrogens with zero attached hydrogens (tertiary/aromatic N) is 9. The minimum Gasteiger partial charge on any atom is -0.507 e. The highest BCUT2D eigenvalue weighted by molar-refractivity contribution is 7.13. The molecule has 6 aliphatic rings. The number of piperidine rings is 3. The van der Waals surface area contributed by atoms with Crippen molar-refractivity contribution in [2.24, 2.45) is 11.8 Å². The monoisotopic (exact) mass is 1070 g/mol. The summed E-state index contributed by atoms with van der Waals surface area (Å²) in [7, 11) is 0. The standard InChI is InChI=1S/C58H77N11O7S/c1-36(2)53(57(73)69-33-43(70)29-49(69)56(72)61-37(3)40-9-11-41(12-10-40)54-38(4)60-35-77-54)51-31-52(64-76-51)67-21-13-39(14-22-67)32-65-19-15-44(16-20-65)75-45-27-42(28-45)68-25-26-74-58(34-68)17-23-66(24-18-58)48-30-47(62-63-55(48)59)46-7-5-6-8-50(46)71/h5-12,30-31,35-37,39,42-45,49,53,70-71H,13-29,32-34H2,1-4H3,(H2,59,63)(H,61,72)/t37-,42?,43+,45?,49-,53-/m0/s1. The Morgan fingerprint density at radius 1 is 0.909 bits per heavy atom. The van der Waals surface area contributed by atoms with Gasteiger partial charge in [0.05, 0.1) is 64.0 Å². The lowest BCUT2D eigenvalue weighted by Gasteiger charge is -2.52. The molecule has 5 saturated heterocycles. The number of hydrogen-bond acceptors (Lipinski definition) is 17. The van der Waals surface area contributed by atoms with Gasteiger partial charge in [-0.05, 0) is 106 Å². The molecule has 2 amide bonds. The number of phenolic OH excluding ortho intramolecular Hbond substituents is 1. The van der Waals surface area contributed by atoms with Crippen molar-refractivity contribution in [3.63, 3.8) is 0 Å². The van der Waals surface area contributed by atoms with Crippen molar-refractivity contribution in [1.29, 1.82) is 0 Å². The van der Waals surface area contributed by atoms with Crippen molar-refractivity contribution >= 4 is 40.5 Å². The van der Waals surface area contributed by atoms with Gasteiger partial charge < -0.3 is 54.9 Å². The quantitative estimate of drug-likeness (QED) is 0.0829. The van der Waals surface area contributed by atoms with Gasteiger partial charge >= 0.3 is 0 Å².